The predicted molar refractivity (Wildman–Crippen MR) is 126 cm³/mol. The zero-order chi connectivity index (χ0) is 26.7. The molecule has 0 amide bonds. The molecule has 0 radical (unpaired) electrons. The van der Waals surface area contributed by atoms with Crippen molar-refractivity contribution in [2.24, 2.45) is 0 Å². The third kappa shape index (κ3) is 9.54. The van der Waals surface area contributed by atoms with Crippen molar-refractivity contribution in [3.05, 3.63) is 58.1 Å². The van der Waals surface area contributed by atoms with E-state index in [1.807, 2.05) is 6.07 Å². The van der Waals surface area contributed by atoms with Crippen LogP contribution < -0.4 is 15.4 Å². The molecule has 0 aliphatic carbocycles. The zero-order valence-corrected chi connectivity index (χ0v) is 20.0. The number of fused-ring (bicyclic) bond motifs is 1. The van der Waals surface area contributed by atoms with E-state index < -0.39 is 30.9 Å². The molecule has 7 nitrogen and oxygen atoms in total. The highest BCUT2D eigenvalue weighted by Gasteiger charge is 2.41. The Morgan fingerprint density at radius 3 is 2.22 bits per heavy atom. The number of alkyl halides is 4. The Labute approximate surface area is 210 Å². The van der Waals surface area contributed by atoms with Gasteiger partial charge in [0.2, 0.25) is 0 Å². The number of ether oxygens (including phenoxy) is 1. The van der Waals surface area contributed by atoms with E-state index in [0.29, 0.717) is 11.6 Å². The number of aliphatic carboxylic acids is 2. The molecular formula is C24H27ClF4N2O5. The molecule has 12 heteroatoms. The highest BCUT2D eigenvalue weighted by atomic mass is 35.5. The Morgan fingerprint density at radius 1 is 1.03 bits per heavy atom. The van der Waals surface area contributed by atoms with Gasteiger partial charge in [-0.2, -0.15) is 8.78 Å². The van der Waals surface area contributed by atoms with Gasteiger partial charge in [-0.05, 0) is 60.8 Å². The van der Waals surface area contributed by atoms with Gasteiger partial charge in [0, 0.05) is 6.54 Å². The summed E-state index contributed by atoms with van der Waals surface area (Å²) in [7, 11) is 0. The quantitative estimate of drug-likeness (QED) is 0.323. The zero-order valence-electron chi connectivity index (χ0n) is 19.2. The highest BCUT2D eigenvalue weighted by Crippen LogP contribution is 2.31. The summed E-state index contributed by atoms with van der Waals surface area (Å²) in [4.78, 5) is 19.3. The van der Waals surface area contributed by atoms with Gasteiger partial charge in [-0.25, -0.2) is 8.78 Å². The van der Waals surface area contributed by atoms with Gasteiger partial charge in [0.05, 0.1) is 23.6 Å². The van der Waals surface area contributed by atoms with Crippen LogP contribution in [0.2, 0.25) is 5.02 Å². The summed E-state index contributed by atoms with van der Waals surface area (Å²) in [5.74, 6) is -6.21. The first kappa shape index (κ1) is 29.2. The molecule has 0 saturated carbocycles. The minimum Gasteiger partial charge on any atom is -0.487 e. The molecule has 0 saturated heterocycles. The van der Waals surface area contributed by atoms with Crippen LogP contribution in [-0.4, -0.2) is 54.2 Å². The largest absolute Gasteiger partial charge is 0.487 e. The lowest BCUT2D eigenvalue weighted by molar-refractivity contribution is -0.148. The number of carboxylic acids is 2. The summed E-state index contributed by atoms with van der Waals surface area (Å²) < 4.78 is 55.0. The molecule has 1 aliphatic heterocycles. The highest BCUT2D eigenvalue weighted by molar-refractivity contribution is 6.33. The van der Waals surface area contributed by atoms with Crippen LogP contribution in [0.25, 0.3) is 0 Å². The van der Waals surface area contributed by atoms with Gasteiger partial charge in [-0.15, -0.1) is 0 Å². The third-order valence-electron chi connectivity index (χ3n) is 5.18. The molecule has 0 bridgehead atoms. The molecule has 2 aromatic carbocycles. The van der Waals surface area contributed by atoms with E-state index in [0.717, 1.165) is 37.2 Å². The molecule has 36 heavy (non-hydrogen) atoms. The number of benzene rings is 2. The van der Waals surface area contributed by atoms with E-state index in [-0.39, 0.29) is 18.6 Å². The number of nitrogens with one attached hydrogen (secondary N) is 2. The number of carbonyl (C=O) groups is 2. The van der Waals surface area contributed by atoms with Gasteiger partial charge in [-0.3, -0.25) is 9.59 Å². The summed E-state index contributed by atoms with van der Waals surface area (Å²) in [6.07, 6.45) is -2.53. The molecule has 0 fully saturated rings. The fraction of sp³-hybridized carbons (Fsp3) is 0.417. The van der Waals surface area contributed by atoms with E-state index >= 15 is 0 Å². The number of carboxylic acid groups (broad SMARTS) is 2. The van der Waals surface area contributed by atoms with Crippen LogP contribution in [0.1, 0.15) is 29.5 Å². The van der Waals surface area contributed by atoms with Crippen molar-refractivity contribution in [1.82, 2.24) is 5.32 Å². The molecule has 0 atom stereocenters. The summed E-state index contributed by atoms with van der Waals surface area (Å²) in [5.41, 5.74) is 4.25. The van der Waals surface area contributed by atoms with Gasteiger partial charge >= 0.3 is 24.3 Å². The fourth-order valence-corrected chi connectivity index (χ4v) is 3.53. The predicted octanol–water partition coefficient (Wildman–Crippen LogP) is 4.86. The molecular weight excluding hydrogens is 508 g/mol. The Bertz CT molecular complexity index is 1010. The average Bonchev–Trinajstić information content (AvgIpc) is 3.07. The van der Waals surface area contributed by atoms with Crippen LogP contribution in [0.15, 0.2) is 36.4 Å². The number of halogens is 5. The molecule has 0 aromatic heterocycles. The monoisotopic (exact) mass is 534 g/mol. The molecule has 3 rings (SSSR count). The van der Waals surface area contributed by atoms with Crippen molar-refractivity contribution in [1.29, 1.82) is 0 Å². The van der Waals surface area contributed by atoms with Gasteiger partial charge in [0.25, 0.3) is 0 Å². The number of hydrogen-bond donors (Lipinski definition) is 4. The van der Waals surface area contributed by atoms with Crippen LogP contribution in [0.3, 0.4) is 0 Å². The first-order valence-corrected chi connectivity index (χ1v) is 11.4. The topological polar surface area (TPSA) is 108 Å². The SMILES string of the molecule is FC(F)C(F)(F)COc1ccc(CNc2c(Cl)ccc3c2CCNCC3)cc1.O=C(O)CCC(=O)O. The second kappa shape index (κ2) is 13.9. The standard InChI is InChI=1S/C20H21ClF4N2O.C4H6O4/c21-17-6-3-14-7-9-26-10-8-16(14)18(17)27-11-13-1-4-15(5-2-13)28-12-20(24,25)19(22)23;5-3(6)1-2-4(7)8/h1-6,19,26-27H,7-12H2;1-2H2,(H,5,6)(H,7,8). The fourth-order valence-electron chi connectivity index (χ4n) is 3.29. The van der Waals surface area contributed by atoms with Gasteiger partial charge in [0.15, 0.2) is 6.61 Å². The van der Waals surface area contributed by atoms with E-state index in [2.05, 4.69) is 16.7 Å². The summed E-state index contributed by atoms with van der Waals surface area (Å²) in [6.45, 7) is 0.941. The molecule has 2 aromatic rings. The van der Waals surface area contributed by atoms with Crippen molar-refractivity contribution in [2.45, 2.75) is 44.6 Å². The summed E-state index contributed by atoms with van der Waals surface area (Å²) in [6, 6.07) is 10.3. The maximum absolute atomic E-state index is 12.9. The first-order valence-electron chi connectivity index (χ1n) is 11.1. The van der Waals surface area contributed by atoms with E-state index in [1.54, 1.807) is 12.1 Å². The van der Waals surface area contributed by atoms with Crippen molar-refractivity contribution in [2.75, 3.05) is 25.0 Å². The summed E-state index contributed by atoms with van der Waals surface area (Å²) in [5, 5.41) is 23.2. The van der Waals surface area contributed by atoms with Crippen molar-refractivity contribution < 1.29 is 42.1 Å². The second-order valence-electron chi connectivity index (χ2n) is 7.95. The average molecular weight is 535 g/mol. The van der Waals surface area contributed by atoms with Gasteiger partial charge in [-0.1, -0.05) is 29.8 Å². The molecule has 1 aliphatic rings. The van der Waals surface area contributed by atoms with Crippen molar-refractivity contribution in [3.8, 4) is 5.75 Å². The molecule has 4 N–H and O–H groups in total. The van der Waals surface area contributed by atoms with Gasteiger partial charge < -0.3 is 25.6 Å². The van der Waals surface area contributed by atoms with Crippen LogP contribution in [0, 0.1) is 0 Å². The van der Waals surface area contributed by atoms with Crippen LogP contribution in [0.4, 0.5) is 23.2 Å². The van der Waals surface area contributed by atoms with E-state index in [1.165, 1.54) is 23.3 Å². The minimum atomic E-state index is -4.17. The van der Waals surface area contributed by atoms with Gasteiger partial charge in [0.1, 0.15) is 5.75 Å². The summed E-state index contributed by atoms with van der Waals surface area (Å²) >= 11 is 6.38. The van der Waals surface area contributed by atoms with Crippen LogP contribution in [-0.2, 0) is 29.0 Å². The maximum Gasteiger partial charge on any atom is 0.340 e. The van der Waals surface area contributed by atoms with Crippen LogP contribution >= 0.6 is 11.6 Å². The molecule has 1 heterocycles. The Balaban J connectivity index is 0.000000493. The Kier molecular flexibility index (Phi) is 11.3. The number of anilines is 1. The third-order valence-corrected chi connectivity index (χ3v) is 5.49. The lowest BCUT2D eigenvalue weighted by atomic mass is 10.0. The molecule has 0 spiro atoms. The maximum atomic E-state index is 12.9. The van der Waals surface area contributed by atoms with E-state index in [4.69, 9.17) is 26.6 Å². The molecule has 198 valence electrons. The Hall–Kier alpha value is -3.05. The Morgan fingerprint density at radius 2 is 1.64 bits per heavy atom. The minimum absolute atomic E-state index is 0.113. The van der Waals surface area contributed by atoms with Crippen LogP contribution in [0.5, 0.6) is 5.75 Å². The molecule has 0 unspecified atom stereocenters. The lowest BCUT2D eigenvalue weighted by Gasteiger charge is -2.17. The lowest BCUT2D eigenvalue weighted by Crippen LogP contribution is -2.33. The van der Waals surface area contributed by atoms with Crippen molar-refractivity contribution in [3.63, 3.8) is 0 Å². The number of hydrogen-bond acceptors (Lipinski definition) is 5. The van der Waals surface area contributed by atoms with Crippen molar-refractivity contribution >= 4 is 29.2 Å². The van der Waals surface area contributed by atoms with E-state index in [9.17, 15) is 27.2 Å². The first-order chi connectivity index (χ1) is 17.0. The smallest absolute Gasteiger partial charge is 0.340 e. The normalized spacial score (nSPS) is 13.2. The second-order valence-corrected chi connectivity index (χ2v) is 8.35. The number of rotatable bonds is 10.